The zero-order chi connectivity index (χ0) is 14.4. The maximum absolute atomic E-state index is 10.5. The van der Waals surface area contributed by atoms with Crippen molar-refractivity contribution < 1.29 is 14.8 Å². The molecule has 0 saturated carbocycles. The van der Waals surface area contributed by atoms with Crippen molar-refractivity contribution in [1.29, 1.82) is 0 Å². The van der Waals surface area contributed by atoms with Gasteiger partial charge in [-0.15, -0.1) is 0 Å². The molecule has 2 N–H and O–H groups in total. The second-order valence-corrected chi connectivity index (χ2v) is 5.46. The maximum atomic E-state index is 10.5. The normalized spacial score (nSPS) is 10.2. The number of nitrogens with zero attached hydrogens (tertiary/aromatic N) is 3. The Morgan fingerprint density at radius 3 is 2.20 bits per heavy atom. The van der Waals surface area contributed by atoms with E-state index in [1.807, 2.05) is 0 Å². The molecule has 0 bridgehead atoms. The largest absolute Gasteiger partial charge is 0.318 e. The van der Waals surface area contributed by atoms with Gasteiger partial charge >= 0.3 is 0 Å². The number of nitro groups is 1. The summed E-state index contributed by atoms with van der Waals surface area (Å²) in [6.45, 7) is 0. The van der Waals surface area contributed by atoms with Crippen molar-refractivity contribution >= 4 is 27.3 Å². The molecular weight excluding hydrogens is 304 g/mol. The van der Waals surface area contributed by atoms with Crippen molar-refractivity contribution in [2.45, 2.75) is 10.1 Å². The highest BCUT2D eigenvalue weighted by molar-refractivity contribution is 8.76. The van der Waals surface area contributed by atoms with Gasteiger partial charge in [-0.3, -0.25) is 10.1 Å². The molecule has 0 fully saturated rings. The Morgan fingerprint density at radius 2 is 1.75 bits per heavy atom. The van der Waals surface area contributed by atoms with Crippen molar-refractivity contribution in [2.75, 3.05) is 0 Å². The van der Waals surface area contributed by atoms with Gasteiger partial charge in [-0.1, -0.05) is 4.99 Å². The molecule has 0 aliphatic carbocycles. The van der Waals surface area contributed by atoms with Crippen LogP contribution in [0.2, 0.25) is 0 Å². The van der Waals surface area contributed by atoms with Gasteiger partial charge in [-0.25, -0.2) is 9.97 Å². The van der Waals surface area contributed by atoms with Crippen LogP contribution in [0.4, 0.5) is 5.69 Å². The minimum Gasteiger partial charge on any atom is -0.318 e. The van der Waals surface area contributed by atoms with E-state index in [1.54, 1.807) is 18.2 Å². The van der Waals surface area contributed by atoms with Crippen LogP contribution >= 0.6 is 21.6 Å². The summed E-state index contributed by atoms with van der Waals surface area (Å²) >= 11 is 0. The molecule has 0 aliphatic heterocycles. The number of hydrogen-bond acceptors (Lipinski definition) is 9. The van der Waals surface area contributed by atoms with Crippen LogP contribution in [0.1, 0.15) is 0 Å². The van der Waals surface area contributed by atoms with Gasteiger partial charge in [0.25, 0.3) is 5.69 Å². The molecule has 0 spiro atoms. The highest BCUT2D eigenvalue weighted by Gasteiger charge is 2.06. The number of hydrogen-bond donors (Lipinski definition) is 1. The van der Waals surface area contributed by atoms with E-state index in [2.05, 4.69) is 19.8 Å². The minimum absolute atomic E-state index is 0.0410. The highest BCUT2D eigenvalue weighted by atomic mass is 33.1. The van der Waals surface area contributed by atoms with E-state index >= 15 is 0 Å². The molecule has 0 amide bonds. The SMILES string of the molecule is NOOc1ccc(SSc2ccc([N+](=O)[O-])cn2)nc1. The molecule has 0 unspecified atom stereocenters. The monoisotopic (exact) mass is 312 g/mol. The molecule has 2 aromatic rings. The first-order valence-corrected chi connectivity index (χ1v) is 7.28. The lowest BCUT2D eigenvalue weighted by molar-refractivity contribution is -0.385. The number of pyridine rings is 2. The fourth-order valence-electron chi connectivity index (χ4n) is 1.14. The Hall–Kier alpha value is -1.88. The second kappa shape index (κ2) is 7.05. The first kappa shape index (κ1) is 14.5. The van der Waals surface area contributed by atoms with Crippen LogP contribution in [0.25, 0.3) is 0 Å². The van der Waals surface area contributed by atoms with Gasteiger partial charge in [0.15, 0.2) is 5.75 Å². The molecule has 2 aromatic heterocycles. The molecule has 0 saturated heterocycles. The summed E-state index contributed by atoms with van der Waals surface area (Å²) in [5, 5.41) is 11.9. The maximum Gasteiger partial charge on any atom is 0.287 e. The molecule has 20 heavy (non-hydrogen) atoms. The fraction of sp³-hybridized carbons (Fsp3) is 0. The summed E-state index contributed by atoms with van der Waals surface area (Å²) in [6.07, 6.45) is 2.67. The first-order valence-electron chi connectivity index (χ1n) is 5.13. The predicted molar refractivity (Wildman–Crippen MR) is 72.7 cm³/mol. The molecule has 2 rings (SSSR count). The van der Waals surface area contributed by atoms with Crippen LogP contribution in [-0.4, -0.2) is 14.9 Å². The van der Waals surface area contributed by atoms with Crippen molar-refractivity contribution in [1.82, 2.24) is 9.97 Å². The number of nitrogens with two attached hydrogens (primary N) is 1. The van der Waals surface area contributed by atoms with Gasteiger partial charge in [-0.2, -0.15) is 5.90 Å². The molecule has 0 aromatic carbocycles. The van der Waals surface area contributed by atoms with Gasteiger partial charge in [0.05, 0.1) is 11.1 Å². The van der Waals surface area contributed by atoms with Crippen molar-refractivity contribution in [3.8, 4) is 5.75 Å². The molecule has 104 valence electrons. The molecular formula is C10H8N4O4S2. The lowest BCUT2D eigenvalue weighted by Crippen LogP contribution is -2.03. The predicted octanol–water partition coefficient (Wildman–Crippen LogP) is 2.37. The molecule has 2 heterocycles. The summed E-state index contributed by atoms with van der Waals surface area (Å²) in [4.78, 5) is 26.7. The number of rotatable bonds is 6. The Morgan fingerprint density at radius 1 is 1.10 bits per heavy atom. The van der Waals surface area contributed by atoms with Crippen molar-refractivity contribution in [3.05, 3.63) is 46.8 Å². The Balaban J connectivity index is 1.92. The van der Waals surface area contributed by atoms with E-state index in [9.17, 15) is 10.1 Å². The lowest BCUT2D eigenvalue weighted by Gasteiger charge is -2.01. The fourth-order valence-corrected chi connectivity index (χ4v) is 2.85. The van der Waals surface area contributed by atoms with Gasteiger partial charge in [0.2, 0.25) is 0 Å². The third-order valence-electron chi connectivity index (χ3n) is 2.00. The minimum atomic E-state index is -0.492. The van der Waals surface area contributed by atoms with E-state index in [0.29, 0.717) is 10.8 Å². The van der Waals surface area contributed by atoms with E-state index in [0.717, 1.165) is 5.03 Å². The molecule has 8 nitrogen and oxygen atoms in total. The molecule has 0 atom stereocenters. The number of aromatic nitrogens is 2. The van der Waals surface area contributed by atoms with Gasteiger partial charge in [0.1, 0.15) is 16.2 Å². The third-order valence-corrected chi connectivity index (χ3v) is 4.18. The van der Waals surface area contributed by atoms with Crippen LogP contribution in [0.5, 0.6) is 5.75 Å². The molecule has 10 heteroatoms. The zero-order valence-corrected chi connectivity index (χ0v) is 11.5. The summed E-state index contributed by atoms with van der Waals surface area (Å²) in [5.41, 5.74) is -0.0410. The van der Waals surface area contributed by atoms with E-state index in [4.69, 9.17) is 5.90 Å². The first-order chi connectivity index (χ1) is 9.69. The summed E-state index contributed by atoms with van der Waals surface area (Å²) in [7, 11) is 2.70. The molecule has 0 aliphatic rings. The van der Waals surface area contributed by atoms with Gasteiger partial charge in [-0.05, 0) is 39.8 Å². The second-order valence-electron chi connectivity index (χ2n) is 3.29. The van der Waals surface area contributed by atoms with Crippen LogP contribution in [0, 0.1) is 10.1 Å². The van der Waals surface area contributed by atoms with E-state index < -0.39 is 4.92 Å². The van der Waals surface area contributed by atoms with Crippen molar-refractivity contribution in [2.24, 2.45) is 5.90 Å². The average molecular weight is 312 g/mol. The highest BCUT2D eigenvalue weighted by Crippen LogP contribution is 2.35. The standard InChI is InChI=1S/C10H8N4O4S2/c11-18-17-8-2-4-10(13-6-8)20-19-9-3-1-7(5-12-9)14(15)16/h1-6H,11H2. The van der Waals surface area contributed by atoms with Crippen LogP contribution in [-0.2, 0) is 4.99 Å². The topological polar surface area (TPSA) is 113 Å². The van der Waals surface area contributed by atoms with E-state index in [-0.39, 0.29) is 5.69 Å². The lowest BCUT2D eigenvalue weighted by atomic mass is 10.4. The average Bonchev–Trinajstić information content (AvgIpc) is 2.47. The zero-order valence-electron chi connectivity index (χ0n) is 9.83. The summed E-state index contributed by atoms with van der Waals surface area (Å²) < 4.78 is 0. The molecule has 0 radical (unpaired) electrons. The Bertz CT molecular complexity index is 579. The van der Waals surface area contributed by atoms with Crippen molar-refractivity contribution in [3.63, 3.8) is 0 Å². The smallest absolute Gasteiger partial charge is 0.287 e. The Labute approximate surface area is 121 Å². The third kappa shape index (κ3) is 4.06. The van der Waals surface area contributed by atoms with Crippen LogP contribution in [0.3, 0.4) is 0 Å². The van der Waals surface area contributed by atoms with Gasteiger partial charge < -0.3 is 4.89 Å². The summed E-state index contributed by atoms with van der Waals surface area (Å²) in [5.74, 6) is 5.14. The quantitative estimate of drug-likeness (QED) is 0.371. The van der Waals surface area contributed by atoms with Crippen LogP contribution < -0.4 is 10.8 Å². The van der Waals surface area contributed by atoms with E-state index in [1.165, 1.54) is 40.0 Å². The van der Waals surface area contributed by atoms with Crippen LogP contribution in [0.15, 0.2) is 46.7 Å². The van der Waals surface area contributed by atoms with Gasteiger partial charge in [0, 0.05) is 6.07 Å². The summed E-state index contributed by atoms with van der Waals surface area (Å²) in [6, 6.07) is 6.35. The Kier molecular flexibility index (Phi) is 5.12.